The van der Waals surface area contributed by atoms with Gasteiger partial charge in [-0.2, -0.15) is 0 Å². The van der Waals surface area contributed by atoms with Crippen LogP contribution in [0.4, 0.5) is 0 Å². The topological polar surface area (TPSA) is 112 Å². The van der Waals surface area contributed by atoms with Gasteiger partial charge in [-0.05, 0) is 88.1 Å². The van der Waals surface area contributed by atoms with Gasteiger partial charge in [0.25, 0.3) is 0 Å². The molecule has 3 N–H and O–H groups in total. The molecule has 9 atom stereocenters. The Bertz CT molecular complexity index is 849. The molecular formula is C30H55N3O6. The van der Waals surface area contributed by atoms with Gasteiger partial charge in [-0.3, -0.25) is 9.59 Å². The van der Waals surface area contributed by atoms with E-state index in [1.807, 2.05) is 20.9 Å². The summed E-state index contributed by atoms with van der Waals surface area (Å²) in [6, 6.07) is -0.422. The number of fused-ring (bicyclic) bond motifs is 2. The summed E-state index contributed by atoms with van der Waals surface area (Å²) in [7, 11) is 6.06. The van der Waals surface area contributed by atoms with Crippen molar-refractivity contribution < 1.29 is 29.3 Å². The second-order valence-corrected chi connectivity index (χ2v) is 12.8. The van der Waals surface area contributed by atoms with Crippen LogP contribution in [-0.4, -0.2) is 115 Å². The third kappa shape index (κ3) is 8.33. The van der Waals surface area contributed by atoms with Gasteiger partial charge in [0.15, 0.2) is 0 Å². The lowest BCUT2D eigenvalue weighted by Crippen LogP contribution is -2.59. The quantitative estimate of drug-likeness (QED) is 0.180. The Morgan fingerprint density at radius 3 is 2.46 bits per heavy atom. The van der Waals surface area contributed by atoms with Gasteiger partial charge in [0.05, 0.1) is 11.7 Å². The highest BCUT2D eigenvalue weighted by Gasteiger charge is 2.51. The Morgan fingerprint density at radius 1 is 1.26 bits per heavy atom. The van der Waals surface area contributed by atoms with Crippen molar-refractivity contribution in [1.82, 2.24) is 15.1 Å². The number of Topliss-reactive ketones (excluding diaryl/α,β-unsaturated/α-hetero) is 1. The fraction of sp³-hybridized carbons (Fsp3) is 0.867. The van der Waals surface area contributed by atoms with E-state index in [0.29, 0.717) is 25.9 Å². The van der Waals surface area contributed by atoms with Gasteiger partial charge in [-0.25, -0.2) is 0 Å². The first kappa shape index (κ1) is 33.8. The molecule has 0 radical (unpaired) electrons. The number of carbonyl (C=O) groups excluding carboxylic acids is 2. The van der Waals surface area contributed by atoms with Gasteiger partial charge in [0.1, 0.15) is 29.5 Å². The molecule has 9 heteroatoms. The maximum atomic E-state index is 13.4. The number of cyclic esters (lactones) is 1. The smallest absolute Gasteiger partial charge is 0.316 e. The summed E-state index contributed by atoms with van der Waals surface area (Å²) in [6.45, 7) is 18.1. The van der Waals surface area contributed by atoms with Crippen molar-refractivity contribution in [3.8, 4) is 0 Å². The zero-order valence-corrected chi connectivity index (χ0v) is 25.8. The molecule has 2 aliphatic heterocycles. The zero-order valence-electron chi connectivity index (χ0n) is 25.8. The van der Waals surface area contributed by atoms with Crippen LogP contribution in [0.1, 0.15) is 67.2 Å². The van der Waals surface area contributed by atoms with Crippen molar-refractivity contribution in [2.45, 2.75) is 103 Å². The fourth-order valence-electron chi connectivity index (χ4n) is 6.26. The van der Waals surface area contributed by atoms with Crippen LogP contribution in [0.5, 0.6) is 0 Å². The van der Waals surface area contributed by atoms with Gasteiger partial charge in [0.2, 0.25) is 0 Å². The summed E-state index contributed by atoms with van der Waals surface area (Å²) in [4.78, 5) is 30.6. The number of carbonyl (C=O) groups is 2. The van der Waals surface area contributed by atoms with Crippen molar-refractivity contribution >= 4 is 11.8 Å². The van der Waals surface area contributed by atoms with Crippen molar-refractivity contribution in [2.24, 2.45) is 17.8 Å². The van der Waals surface area contributed by atoms with E-state index in [2.05, 4.69) is 42.7 Å². The second kappa shape index (κ2) is 14.0. The molecular weight excluding hydrogens is 498 g/mol. The van der Waals surface area contributed by atoms with Gasteiger partial charge >= 0.3 is 5.97 Å². The number of aliphatic hydroxyl groups is 2. The average molecular weight is 554 g/mol. The van der Waals surface area contributed by atoms with Crippen LogP contribution in [0.25, 0.3) is 0 Å². The maximum Gasteiger partial charge on any atom is 0.316 e. The molecule has 2 saturated heterocycles. The van der Waals surface area contributed by atoms with Crippen LogP contribution in [0.15, 0.2) is 12.2 Å². The lowest BCUT2D eigenvalue weighted by atomic mass is 9.76. The first-order valence-electron chi connectivity index (χ1n) is 14.6. The van der Waals surface area contributed by atoms with E-state index in [0.717, 1.165) is 25.1 Å². The molecule has 0 saturated carbocycles. The highest BCUT2D eigenvalue weighted by molar-refractivity contribution is 5.98. The van der Waals surface area contributed by atoms with E-state index in [1.54, 1.807) is 13.8 Å². The van der Waals surface area contributed by atoms with E-state index in [-0.39, 0.29) is 30.1 Å². The van der Waals surface area contributed by atoms with Crippen molar-refractivity contribution in [3.63, 3.8) is 0 Å². The molecule has 226 valence electrons. The number of likely N-dealkylation sites (N-methyl/N-ethyl adjacent to an activating group) is 1. The summed E-state index contributed by atoms with van der Waals surface area (Å²) in [6.07, 6.45) is -0.0768. The molecule has 39 heavy (non-hydrogen) atoms. The van der Waals surface area contributed by atoms with E-state index in [4.69, 9.17) is 9.47 Å². The summed E-state index contributed by atoms with van der Waals surface area (Å²) in [5.41, 5.74) is -1.48. The SMILES string of the molecule is C=C(C)[C@@H]1CC(=O)[C@@H](C)C(=O)O[C@H](CC)[C@@](C)(O)[C@H](O)[C@@H](C)N(C)C[C@H]2C[C@@]1(C)OC2CNCCCN(C)C. The summed E-state index contributed by atoms with van der Waals surface area (Å²) < 4.78 is 12.4. The van der Waals surface area contributed by atoms with E-state index in [1.165, 1.54) is 6.92 Å². The molecule has 2 rings (SSSR count). The van der Waals surface area contributed by atoms with Crippen LogP contribution in [0.3, 0.4) is 0 Å². The molecule has 2 fully saturated rings. The van der Waals surface area contributed by atoms with Gasteiger partial charge < -0.3 is 34.8 Å². The van der Waals surface area contributed by atoms with Crippen molar-refractivity contribution in [2.75, 3.05) is 47.3 Å². The number of aliphatic hydroxyl groups excluding tert-OH is 1. The number of nitrogens with zero attached hydrogens (tertiary/aromatic N) is 2. The zero-order chi connectivity index (χ0) is 29.7. The third-order valence-corrected chi connectivity index (χ3v) is 9.05. The van der Waals surface area contributed by atoms with Crippen LogP contribution < -0.4 is 5.32 Å². The van der Waals surface area contributed by atoms with E-state index in [9.17, 15) is 19.8 Å². The van der Waals surface area contributed by atoms with Crippen molar-refractivity contribution in [3.05, 3.63) is 12.2 Å². The maximum absolute atomic E-state index is 13.4. The van der Waals surface area contributed by atoms with Crippen LogP contribution in [-0.2, 0) is 19.1 Å². The first-order valence-corrected chi connectivity index (χ1v) is 14.6. The molecule has 0 aromatic carbocycles. The molecule has 0 amide bonds. The monoisotopic (exact) mass is 553 g/mol. The van der Waals surface area contributed by atoms with Crippen LogP contribution in [0.2, 0.25) is 0 Å². The van der Waals surface area contributed by atoms with E-state index >= 15 is 0 Å². The lowest BCUT2D eigenvalue weighted by Gasteiger charge is -2.42. The minimum absolute atomic E-state index is 0.0997. The van der Waals surface area contributed by atoms with Gasteiger partial charge in [-0.15, -0.1) is 0 Å². The van der Waals surface area contributed by atoms with Crippen LogP contribution >= 0.6 is 0 Å². The highest BCUT2D eigenvalue weighted by Crippen LogP contribution is 2.45. The predicted molar refractivity (Wildman–Crippen MR) is 153 cm³/mol. The van der Waals surface area contributed by atoms with E-state index < -0.39 is 41.3 Å². The Kier molecular flexibility index (Phi) is 12.2. The molecule has 9 nitrogen and oxygen atoms in total. The summed E-state index contributed by atoms with van der Waals surface area (Å²) >= 11 is 0. The van der Waals surface area contributed by atoms with Gasteiger partial charge in [-0.1, -0.05) is 19.1 Å². The standard InChI is InChI=1S/C30H55N3O6/c1-11-26-30(7,37)27(35)21(5)33(10)18-22-16-29(6,39-25(22)17-31-13-12-14-32(8)9)23(19(2)3)15-24(34)20(4)28(36)38-26/h20-23,25-27,31,35,37H,2,11-18H2,1,3-10H3/t20-,21-,22-,23+,25?,26-,27-,29-,30-/m1/s1. The molecule has 2 aliphatic rings. The Balaban J connectivity index is 2.42. The average Bonchev–Trinajstić information content (AvgIpc) is 3.17. The summed E-state index contributed by atoms with van der Waals surface area (Å²) in [5, 5.41) is 26.2. The largest absolute Gasteiger partial charge is 0.459 e. The second-order valence-electron chi connectivity index (χ2n) is 12.8. The Labute approximate surface area is 236 Å². The Hall–Kier alpha value is -1.36. The summed E-state index contributed by atoms with van der Waals surface area (Å²) in [5.74, 6) is -2.07. The number of ether oxygens (including phenoxy) is 2. The first-order chi connectivity index (χ1) is 18.0. The third-order valence-electron chi connectivity index (χ3n) is 9.05. The molecule has 0 aromatic heterocycles. The number of hydrogen-bond donors (Lipinski definition) is 3. The molecule has 2 bridgehead atoms. The fourth-order valence-corrected chi connectivity index (χ4v) is 6.26. The number of rotatable bonds is 8. The number of esters is 1. The molecule has 2 heterocycles. The molecule has 0 spiro atoms. The number of nitrogens with one attached hydrogen (secondary N) is 1. The highest BCUT2D eigenvalue weighted by atomic mass is 16.6. The normalized spacial score (nSPS) is 39.3. The minimum atomic E-state index is -1.70. The minimum Gasteiger partial charge on any atom is -0.459 e. The number of ketones is 1. The van der Waals surface area contributed by atoms with Crippen molar-refractivity contribution in [1.29, 1.82) is 0 Å². The molecule has 0 aliphatic carbocycles. The number of hydrogen-bond acceptors (Lipinski definition) is 9. The van der Waals surface area contributed by atoms with Crippen LogP contribution in [0, 0.1) is 17.8 Å². The lowest BCUT2D eigenvalue weighted by molar-refractivity contribution is -0.189. The molecule has 0 aromatic rings. The Morgan fingerprint density at radius 2 is 1.90 bits per heavy atom. The predicted octanol–water partition coefficient (Wildman–Crippen LogP) is 2.25. The van der Waals surface area contributed by atoms with Gasteiger partial charge in [0, 0.05) is 37.4 Å². The molecule has 1 unspecified atom stereocenters.